The average Bonchev–Trinajstić information content (AvgIpc) is 3.32. The van der Waals surface area contributed by atoms with Crippen molar-refractivity contribution in [2.45, 2.75) is 58.0 Å². The maximum atomic E-state index is 14.4. The monoisotopic (exact) mass is 433 g/mol. The van der Waals surface area contributed by atoms with Gasteiger partial charge in [-0.3, -0.25) is 9.36 Å². The van der Waals surface area contributed by atoms with Gasteiger partial charge in [-0.1, -0.05) is 30.7 Å². The summed E-state index contributed by atoms with van der Waals surface area (Å²) in [5.74, 6) is 6.58. The largest absolute Gasteiger partial charge is 0.342 e. The number of aromatic nitrogens is 2. The zero-order valence-electron chi connectivity index (χ0n) is 18.4. The van der Waals surface area contributed by atoms with Crippen LogP contribution in [0.2, 0.25) is 0 Å². The second kappa shape index (κ2) is 9.54. The molecule has 1 saturated carbocycles. The fourth-order valence-electron chi connectivity index (χ4n) is 4.49. The number of benzene rings is 1. The highest BCUT2D eigenvalue weighted by molar-refractivity contribution is 5.69. The topological polar surface area (TPSA) is 87.9 Å². The third-order valence-corrected chi connectivity index (χ3v) is 6.41. The van der Waals surface area contributed by atoms with E-state index in [9.17, 15) is 9.18 Å². The Kier molecular flexibility index (Phi) is 6.58. The third-order valence-electron chi connectivity index (χ3n) is 6.41. The zero-order chi connectivity index (χ0) is 22.7. The van der Waals surface area contributed by atoms with Gasteiger partial charge in [0.15, 0.2) is 0 Å². The molecule has 0 bridgehead atoms. The lowest BCUT2D eigenvalue weighted by Crippen LogP contribution is -2.43. The Morgan fingerprint density at radius 1 is 1.22 bits per heavy atom. The summed E-state index contributed by atoms with van der Waals surface area (Å²) in [6.45, 7) is 3.80. The molecule has 1 aliphatic carbocycles. The van der Waals surface area contributed by atoms with E-state index in [2.05, 4.69) is 16.7 Å². The van der Waals surface area contributed by atoms with Crippen LogP contribution in [0.4, 0.5) is 10.3 Å². The molecule has 0 amide bonds. The Bertz CT molecular complexity index is 1160. The van der Waals surface area contributed by atoms with Crippen molar-refractivity contribution >= 4 is 5.95 Å². The van der Waals surface area contributed by atoms with Gasteiger partial charge in [0, 0.05) is 37.2 Å². The molecule has 0 unspecified atom stereocenters. The SMILES string of the molecule is CCn1c(N2CCC(N)CC2)nc(-c2ccc(C#N)c(F)c2)c(C#CC2CCCC2)c1=O. The fourth-order valence-corrected chi connectivity index (χ4v) is 4.49. The molecule has 1 aliphatic heterocycles. The number of rotatable bonds is 3. The van der Waals surface area contributed by atoms with Crippen molar-refractivity contribution in [3.63, 3.8) is 0 Å². The summed E-state index contributed by atoms with van der Waals surface area (Å²) < 4.78 is 16.1. The van der Waals surface area contributed by atoms with Crippen LogP contribution in [-0.4, -0.2) is 28.7 Å². The van der Waals surface area contributed by atoms with E-state index in [1.807, 2.05) is 13.0 Å². The lowest BCUT2D eigenvalue weighted by Gasteiger charge is -2.32. The molecule has 2 aromatic rings. The highest BCUT2D eigenvalue weighted by Crippen LogP contribution is 2.27. The Labute approximate surface area is 187 Å². The first-order valence-corrected chi connectivity index (χ1v) is 11.4. The molecule has 32 heavy (non-hydrogen) atoms. The lowest BCUT2D eigenvalue weighted by molar-refractivity contribution is 0.486. The molecule has 0 spiro atoms. The molecule has 0 atom stereocenters. The molecule has 2 N–H and O–H groups in total. The minimum atomic E-state index is -0.633. The van der Waals surface area contributed by atoms with Crippen LogP contribution in [0.3, 0.4) is 0 Å². The van der Waals surface area contributed by atoms with Crippen LogP contribution >= 0.6 is 0 Å². The molecule has 1 aromatic carbocycles. The molecule has 7 heteroatoms. The molecule has 1 aromatic heterocycles. The van der Waals surface area contributed by atoms with Crippen LogP contribution in [0.25, 0.3) is 11.3 Å². The predicted molar refractivity (Wildman–Crippen MR) is 123 cm³/mol. The molecule has 6 nitrogen and oxygen atoms in total. The normalized spacial score (nSPS) is 17.1. The van der Waals surface area contributed by atoms with Gasteiger partial charge in [-0.2, -0.15) is 5.26 Å². The Hall–Kier alpha value is -3.16. The molecular formula is C25H28FN5O. The van der Waals surface area contributed by atoms with Crippen LogP contribution in [0, 0.1) is 34.9 Å². The van der Waals surface area contributed by atoms with E-state index in [0.717, 1.165) is 38.5 Å². The van der Waals surface area contributed by atoms with Crippen molar-refractivity contribution in [3.05, 3.63) is 45.5 Å². The predicted octanol–water partition coefficient (Wildman–Crippen LogP) is 3.41. The third kappa shape index (κ3) is 4.40. The minimum absolute atomic E-state index is 0.0421. The first kappa shape index (κ1) is 22.0. The smallest absolute Gasteiger partial charge is 0.271 e. The second-order valence-electron chi connectivity index (χ2n) is 8.57. The molecule has 0 radical (unpaired) electrons. The van der Waals surface area contributed by atoms with E-state index in [1.165, 1.54) is 12.1 Å². The van der Waals surface area contributed by atoms with Gasteiger partial charge in [0.2, 0.25) is 5.95 Å². The number of anilines is 1. The molecule has 1 saturated heterocycles. The second-order valence-corrected chi connectivity index (χ2v) is 8.57. The quantitative estimate of drug-likeness (QED) is 0.750. The maximum Gasteiger partial charge on any atom is 0.271 e. The minimum Gasteiger partial charge on any atom is -0.342 e. The van der Waals surface area contributed by atoms with E-state index in [1.54, 1.807) is 10.6 Å². The summed E-state index contributed by atoms with van der Waals surface area (Å²) in [5, 5.41) is 9.09. The first-order chi connectivity index (χ1) is 15.5. The number of halogens is 1. The fraction of sp³-hybridized carbons (Fsp3) is 0.480. The van der Waals surface area contributed by atoms with Crippen LogP contribution < -0.4 is 16.2 Å². The van der Waals surface area contributed by atoms with Gasteiger partial charge < -0.3 is 10.6 Å². The number of nitrogens with zero attached hydrogens (tertiary/aromatic N) is 4. The van der Waals surface area contributed by atoms with Gasteiger partial charge in [0.1, 0.15) is 17.4 Å². The van der Waals surface area contributed by atoms with Crippen LogP contribution in [0.1, 0.15) is 56.6 Å². The molecule has 4 rings (SSSR count). The van der Waals surface area contributed by atoms with Crippen molar-refractivity contribution in [1.82, 2.24) is 9.55 Å². The van der Waals surface area contributed by atoms with Gasteiger partial charge in [0.05, 0.1) is 11.3 Å². The van der Waals surface area contributed by atoms with Crippen LogP contribution in [0.5, 0.6) is 0 Å². The van der Waals surface area contributed by atoms with E-state index in [4.69, 9.17) is 16.0 Å². The summed E-state index contributed by atoms with van der Waals surface area (Å²) in [7, 11) is 0. The summed E-state index contributed by atoms with van der Waals surface area (Å²) in [6, 6.07) is 6.32. The standard InChI is InChI=1S/C25H28FN5O/c1-2-31-24(32)21(10-7-17-5-3-4-6-17)23(18-8-9-19(16-27)22(26)15-18)29-25(31)30-13-11-20(28)12-14-30/h8-9,15,17,20H,2-6,11-14,28H2,1H3. The van der Waals surface area contributed by atoms with E-state index in [-0.39, 0.29) is 23.1 Å². The van der Waals surface area contributed by atoms with Crippen molar-refractivity contribution in [2.24, 2.45) is 11.7 Å². The van der Waals surface area contributed by atoms with Gasteiger partial charge >= 0.3 is 0 Å². The summed E-state index contributed by atoms with van der Waals surface area (Å²) in [6.07, 6.45) is 6.03. The molecule has 2 heterocycles. The number of hydrogen-bond donors (Lipinski definition) is 1. The van der Waals surface area contributed by atoms with Gasteiger partial charge in [-0.15, -0.1) is 0 Å². The summed E-state index contributed by atoms with van der Waals surface area (Å²) >= 11 is 0. The van der Waals surface area contributed by atoms with Crippen LogP contribution in [0.15, 0.2) is 23.0 Å². The summed E-state index contributed by atoms with van der Waals surface area (Å²) in [5.41, 5.74) is 6.93. The molecule has 2 fully saturated rings. The number of hydrogen-bond acceptors (Lipinski definition) is 5. The maximum absolute atomic E-state index is 14.4. The zero-order valence-corrected chi connectivity index (χ0v) is 18.4. The first-order valence-electron chi connectivity index (χ1n) is 11.4. The van der Waals surface area contributed by atoms with Crippen molar-refractivity contribution < 1.29 is 4.39 Å². The van der Waals surface area contributed by atoms with Gasteiger partial charge in [-0.25, -0.2) is 9.37 Å². The number of piperidine rings is 1. The van der Waals surface area contributed by atoms with Gasteiger partial charge in [0.25, 0.3) is 5.56 Å². The van der Waals surface area contributed by atoms with Gasteiger partial charge in [-0.05, 0) is 44.7 Å². The van der Waals surface area contributed by atoms with E-state index in [0.29, 0.717) is 42.4 Å². The highest BCUT2D eigenvalue weighted by Gasteiger charge is 2.24. The molecule has 166 valence electrons. The Morgan fingerprint density at radius 3 is 2.56 bits per heavy atom. The molecular weight excluding hydrogens is 405 g/mol. The lowest BCUT2D eigenvalue weighted by atomic mass is 10.0. The Morgan fingerprint density at radius 2 is 1.94 bits per heavy atom. The highest BCUT2D eigenvalue weighted by atomic mass is 19.1. The average molecular weight is 434 g/mol. The number of nitriles is 1. The van der Waals surface area contributed by atoms with Crippen molar-refractivity contribution in [3.8, 4) is 29.2 Å². The van der Waals surface area contributed by atoms with E-state index < -0.39 is 5.82 Å². The Balaban J connectivity index is 1.88. The molecule has 2 aliphatic rings. The van der Waals surface area contributed by atoms with Crippen molar-refractivity contribution in [1.29, 1.82) is 5.26 Å². The number of nitrogens with two attached hydrogens (primary N) is 1. The van der Waals surface area contributed by atoms with Crippen molar-refractivity contribution in [2.75, 3.05) is 18.0 Å². The van der Waals surface area contributed by atoms with E-state index >= 15 is 0 Å². The summed E-state index contributed by atoms with van der Waals surface area (Å²) in [4.78, 5) is 20.5. The van der Waals surface area contributed by atoms with Crippen LogP contribution in [-0.2, 0) is 6.54 Å².